The first kappa shape index (κ1) is 11.1. The summed E-state index contributed by atoms with van der Waals surface area (Å²) in [6.45, 7) is 4.03. The highest BCUT2D eigenvalue weighted by molar-refractivity contribution is 7.98. The Labute approximate surface area is 99.3 Å². The molecule has 1 heterocycles. The van der Waals surface area contributed by atoms with Crippen LogP contribution in [-0.4, -0.2) is 21.4 Å². The van der Waals surface area contributed by atoms with Crippen molar-refractivity contribution in [3.8, 4) is 11.3 Å². The van der Waals surface area contributed by atoms with Crippen LogP contribution in [-0.2, 0) is 0 Å². The van der Waals surface area contributed by atoms with Crippen molar-refractivity contribution in [1.82, 2.24) is 15.2 Å². The van der Waals surface area contributed by atoms with Crippen molar-refractivity contribution >= 4 is 11.8 Å². The molecule has 2 aromatic rings. The fraction of sp³-hybridized carbons (Fsp3) is 0.250. The van der Waals surface area contributed by atoms with Crippen molar-refractivity contribution in [2.24, 2.45) is 0 Å². The zero-order valence-corrected chi connectivity index (χ0v) is 10.4. The van der Waals surface area contributed by atoms with Crippen molar-refractivity contribution in [3.63, 3.8) is 0 Å². The fourth-order valence-electron chi connectivity index (χ4n) is 1.53. The number of aryl methyl sites for hydroxylation is 2. The van der Waals surface area contributed by atoms with Crippen LogP contribution in [0.4, 0.5) is 0 Å². The third kappa shape index (κ3) is 2.22. The standard InChI is InChI=1S/C12H13N3S/c1-8-5-4-6-10(7-8)11-9(2)13-12(16-3)15-14-11/h4-7H,1-3H3. The maximum Gasteiger partial charge on any atom is 0.209 e. The molecular weight excluding hydrogens is 218 g/mol. The predicted molar refractivity (Wildman–Crippen MR) is 66.5 cm³/mol. The van der Waals surface area contributed by atoms with E-state index in [0.29, 0.717) is 5.16 Å². The summed E-state index contributed by atoms with van der Waals surface area (Å²) >= 11 is 1.51. The van der Waals surface area contributed by atoms with Gasteiger partial charge in [-0.2, -0.15) is 0 Å². The predicted octanol–water partition coefficient (Wildman–Crippen LogP) is 2.88. The first-order chi connectivity index (χ1) is 7.70. The van der Waals surface area contributed by atoms with E-state index in [1.807, 2.05) is 25.3 Å². The molecule has 2 rings (SSSR count). The van der Waals surface area contributed by atoms with Crippen LogP contribution in [0.2, 0.25) is 0 Å². The SMILES string of the molecule is CSc1nnc(-c2cccc(C)c2)c(C)n1. The van der Waals surface area contributed by atoms with Crippen molar-refractivity contribution in [1.29, 1.82) is 0 Å². The maximum atomic E-state index is 4.39. The highest BCUT2D eigenvalue weighted by Gasteiger charge is 2.07. The molecule has 3 nitrogen and oxygen atoms in total. The molecule has 0 aliphatic carbocycles. The number of aromatic nitrogens is 3. The zero-order chi connectivity index (χ0) is 11.5. The molecular formula is C12H13N3S. The normalized spacial score (nSPS) is 10.4. The van der Waals surface area contributed by atoms with Crippen molar-refractivity contribution in [3.05, 3.63) is 35.5 Å². The van der Waals surface area contributed by atoms with Crippen LogP contribution >= 0.6 is 11.8 Å². The highest BCUT2D eigenvalue weighted by Crippen LogP contribution is 2.21. The van der Waals surface area contributed by atoms with Gasteiger partial charge in [0.2, 0.25) is 5.16 Å². The molecule has 0 saturated carbocycles. The van der Waals surface area contributed by atoms with Crippen molar-refractivity contribution in [2.75, 3.05) is 6.26 Å². The number of thioether (sulfide) groups is 1. The van der Waals surface area contributed by atoms with Crippen molar-refractivity contribution < 1.29 is 0 Å². The summed E-state index contributed by atoms with van der Waals surface area (Å²) in [4.78, 5) is 4.39. The van der Waals surface area contributed by atoms with Gasteiger partial charge in [-0.25, -0.2) is 4.98 Å². The minimum Gasteiger partial charge on any atom is -0.224 e. The third-order valence-corrected chi connectivity index (χ3v) is 2.85. The summed E-state index contributed by atoms with van der Waals surface area (Å²) in [5.74, 6) is 0. The van der Waals surface area contributed by atoms with Crippen LogP contribution in [0.5, 0.6) is 0 Å². The van der Waals surface area contributed by atoms with Gasteiger partial charge in [-0.3, -0.25) is 0 Å². The van der Waals surface area contributed by atoms with Gasteiger partial charge in [0.15, 0.2) is 0 Å². The van der Waals surface area contributed by atoms with E-state index in [-0.39, 0.29) is 0 Å². The first-order valence-electron chi connectivity index (χ1n) is 5.03. The molecule has 0 radical (unpaired) electrons. The van der Waals surface area contributed by atoms with Gasteiger partial charge in [-0.1, -0.05) is 35.5 Å². The summed E-state index contributed by atoms with van der Waals surface area (Å²) < 4.78 is 0. The van der Waals surface area contributed by atoms with E-state index in [9.17, 15) is 0 Å². The molecule has 1 aromatic carbocycles. The highest BCUT2D eigenvalue weighted by atomic mass is 32.2. The minimum absolute atomic E-state index is 0.717. The third-order valence-electron chi connectivity index (χ3n) is 2.32. The second kappa shape index (κ2) is 4.61. The average Bonchev–Trinajstić information content (AvgIpc) is 2.28. The summed E-state index contributed by atoms with van der Waals surface area (Å²) in [6.07, 6.45) is 1.95. The molecule has 1 aromatic heterocycles. The van der Waals surface area contributed by atoms with Gasteiger partial charge in [0.1, 0.15) is 5.69 Å². The minimum atomic E-state index is 0.717. The Morgan fingerprint density at radius 1 is 1.12 bits per heavy atom. The molecule has 0 unspecified atom stereocenters. The van der Waals surface area contributed by atoms with Crippen LogP contribution in [0.25, 0.3) is 11.3 Å². The van der Waals surface area contributed by atoms with E-state index in [2.05, 4.69) is 34.2 Å². The lowest BCUT2D eigenvalue weighted by Gasteiger charge is -2.05. The lowest BCUT2D eigenvalue weighted by molar-refractivity contribution is 0.824. The van der Waals surface area contributed by atoms with Gasteiger partial charge in [0.25, 0.3) is 0 Å². The second-order valence-electron chi connectivity index (χ2n) is 3.60. The average molecular weight is 231 g/mol. The number of rotatable bonds is 2. The Bertz CT molecular complexity index is 511. The van der Waals surface area contributed by atoms with Crippen LogP contribution in [0.15, 0.2) is 29.4 Å². The van der Waals surface area contributed by atoms with Gasteiger partial charge in [-0.15, -0.1) is 10.2 Å². The van der Waals surface area contributed by atoms with Crippen molar-refractivity contribution in [2.45, 2.75) is 19.0 Å². The zero-order valence-electron chi connectivity index (χ0n) is 9.56. The van der Waals surface area contributed by atoms with Crippen LogP contribution in [0, 0.1) is 13.8 Å². The molecule has 0 aliphatic rings. The van der Waals surface area contributed by atoms with Gasteiger partial charge in [-0.05, 0) is 26.2 Å². The van der Waals surface area contributed by atoms with Crippen LogP contribution in [0.1, 0.15) is 11.3 Å². The fourth-order valence-corrected chi connectivity index (χ4v) is 1.88. The lowest BCUT2D eigenvalue weighted by Crippen LogP contribution is -1.98. The smallest absolute Gasteiger partial charge is 0.209 e. The number of benzene rings is 1. The molecule has 0 atom stereocenters. The van der Waals surface area contributed by atoms with E-state index >= 15 is 0 Å². The van der Waals surface area contributed by atoms with E-state index in [4.69, 9.17) is 0 Å². The molecule has 0 spiro atoms. The number of hydrogen-bond donors (Lipinski definition) is 0. The Balaban J connectivity index is 2.48. The molecule has 0 fully saturated rings. The molecule has 0 saturated heterocycles. The van der Waals surface area contributed by atoms with E-state index in [0.717, 1.165) is 17.0 Å². The van der Waals surface area contributed by atoms with Gasteiger partial charge >= 0.3 is 0 Å². The maximum absolute atomic E-state index is 4.39. The summed E-state index contributed by atoms with van der Waals surface area (Å²) in [5.41, 5.74) is 4.07. The van der Waals surface area contributed by atoms with Crippen LogP contribution < -0.4 is 0 Å². The molecule has 0 aliphatic heterocycles. The molecule has 0 bridgehead atoms. The topological polar surface area (TPSA) is 38.7 Å². The van der Waals surface area contributed by atoms with E-state index in [1.54, 1.807) is 0 Å². The Kier molecular flexibility index (Phi) is 3.19. The van der Waals surface area contributed by atoms with E-state index in [1.165, 1.54) is 17.3 Å². The number of nitrogens with zero attached hydrogens (tertiary/aromatic N) is 3. The summed E-state index contributed by atoms with van der Waals surface area (Å²) in [5, 5.41) is 9.01. The molecule has 82 valence electrons. The first-order valence-corrected chi connectivity index (χ1v) is 6.25. The summed E-state index contributed by atoms with van der Waals surface area (Å²) in [6, 6.07) is 8.21. The molecule has 0 amide bonds. The van der Waals surface area contributed by atoms with Gasteiger partial charge in [0.05, 0.1) is 5.69 Å². The van der Waals surface area contributed by atoms with Gasteiger partial charge in [0, 0.05) is 5.56 Å². The Morgan fingerprint density at radius 3 is 2.56 bits per heavy atom. The lowest BCUT2D eigenvalue weighted by atomic mass is 10.1. The second-order valence-corrected chi connectivity index (χ2v) is 4.38. The molecule has 0 N–H and O–H groups in total. The van der Waals surface area contributed by atoms with Crippen LogP contribution in [0.3, 0.4) is 0 Å². The Hall–Kier alpha value is -1.42. The van der Waals surface area contributed by atoms with Gasteiger partial charge < -0.3 is 0 Å². The van der Waals surface area contributed by atoms with E-state index < -0.39 is 0 Å². The number of hydrogen-bond acceptors (Lipinski definition) is 4. The molecule has 16 heavy (non-hydrogen) atoms. The molecule has 4 heteroatoms. The Morgan fingerprint density at radius 2 is 1.94 bits per heavy atom. The quantitative estimate of drug-likeness (QED) is 0.745. The summed E-state index contributed by atoms with van der Waals surface area (Å²) in [7, 11) is 0. The largest absolute Gasteiger partial charge is 0.224 e. The monoisotopic (exact) mass is 231 g/mol.